The van der Waals surface area contributed by atoms with E-state index in [2.05, 4.69) is 20.4 Å². The highest BCUT2D eigenvalue weighted by molar-refractivity contribution is 6.30. The van der Waals surface area contributed by atoms with Crippen LogP contribution in [0.3, 0.4) is 0 Å². The molecule has 0 radical (unpaired) electrons. The van der Waals surface area contributed by atoms with E-state index in [1.54, 1.807) is 14.0 Å². The van der Waals surface area contributed by atoms with Crippen LogP contribution in [0.4, 0.5) is 0 Å². The summed E-state index contributed by atoms with van der Waals surface area (Å²) in [5.41, 5.74) is 2.25. The second-order valence-corrected chi connectivity index (χ2v) is 9.33. The van der Waals surface area contributed by atoms with E-state index in [1.165, 1.54) is 23.2 Å². The molecule has 0 spiro atoms. The summed E-state index contributed by atoms with van der Waals surface area (Å²) in [4.78, 5) is 5.61. The van der Waals surface area contributed by atoms with Gasteiger partial charge in [0.15, 0.2) is 5.15 Å². The highest BCUT2D eigenvalue weighted by Gasteiger charge is 2.26. The van der Waals surface area contributed by atoms with Crippen LogP contribution in [0.1, 0.15) is 72.3 Å². The number of benzene rings is 2. The lowest BCUT2D eigenvalue weighted by atomic mass is 9.86. The Bertz CT molecular complexity index is 1610. The Labute approximate surface area is 221 Å². The molecule has 7 nitrogen and oxygen atoms in total. The van der Waals surface area contributed by atoms with E-state index >= 15 is 0 Å². The predicted molar refractivity (Wildman–Crippen MR) is 139 cm³/mol. The third-order valence-corrected chi connectivity index (χ3v) is 6.24. The summed E-state index contributed by atoms with van der Waals surface area (Å²) in [6.45, 7) is 2.47. The third kappa shape index (κ3) is 5.02. The first-order chi connectivity index (χ1) is 19.4. The molecule has 0 saturated carbocycles. The maximum absolute atomic E-state index is 10.2. The van der Waals surface area contributed by atoms with Gasteiger partial charge in [0, 0.05) is 21.5 Å². The van der Waals surface area contributed by atoms with Crippen LogP contribution >= 0.6 is 11.6 Å². The van der Waals surface area contributed by atoms with Crippen LogP contribution in [0.15, 0.2) is 42.5 Å². The van der Waals surface area contributed by atoms with Gasteiger partial charge in [-0.15, -0.1) is 10.2 Å². The molecule has 8 heteroatoms. The van der Waals surface area contributed by atoms with Crippen molar-refractivity contribution < 1.29 is 14.7 Å². The average Bonchev–Trinajstić information content (AvgIpc) is 3.50. The van der Waals surface area contributed by atoms with Crippen molar-refractivity contribution >= 4 is 11.6 Å². The minimum Gasteiger partial charge on any atom is -0.390 e. The number of imidazole rings is 1. The fourth-order valence-corrected chi connectivity index (χ4v) is 4.40. The fourth-order valence-electron chi connectivity index (χ4n) is 4.17. The van der Waals surface area contributed by atoms with E-state index in [0.29, 0.717) is 5.82 Å². The summed E-state index contributed by atoms with van der Waals surface area (Å²) in [5.74, 6) is 0.208. The standard InChI is InChI=1S/C27H33ClN6O/c1-7-27(4,5)15-24-29-25(28)23(16-35)34(24)18(3)20-13-12-19(14-17(20)2)21-10-8-9-11-22(21)26-30-32-33(6)31-26/h8-14,18,35H,7,15-16H2,1-6H3/i1D3,7D2,15D2. The second-order valence-electron chi connectivity index (χ2n) is 8.97. The molecule has 4 aromatic rings. The molecule has 35 heavy (non-hydrogen) atoms. The quantitative estimate of drug-likeness (QED) is 0.332. The van der Waals surface area contributed by atoms with E-state index in [-0.39, 0.29) is 16.7 Å². The maximum Gasteiger partial charge on any atom is 0.205 e. The number of rotatable bonds is 8. The first-order valence-corrected chi connectivity index (χ1v) is 11.6. The van der Waals surface area contributed by atoms with Crippen LogP contribution in [-0.4, -0.2) is 34.9 Å². The molecule has 0 aliphatic heterocycles. The minimum atomic E-state index is -3.11. The second kappa shape index (κ2) is 9.91. The van der Waals surface area contributed by atoms with Gasteiger partial charge in [0.05, 0.1) is 25.4 Å². The van der Waals surface area contributed by atoms with E-state index in [0.717, 1.165) is 27.8 Å². The van der Waals surface area contributed by atoms with Crippen LogP contribution < -0.4 is 0 Å². The number of aliphatic hydroxyl groups excluding tert-OH is 1. The molecule has 1 atom stereocenters. The highest BCUT2D eigenvalue weighted by Crippen LogP contribution is 2.35. The molecule has 2 aromatic heterocycles. The topological polar surface area (TPSA) is 81.7 Å². The molecular weight excluding hydrogens is 460 g/mol. The van der Waals surface area contributed by atoms with Gasteiger partial charge in [-0.3, -0.25) is 0 Å². The largest absolute Gasteiger partial charge is 0.390 e. The van der Waals surface area contributed by atoms with Gasteiger partial charge in [-0.25, -0.2) is 4.98 Å². The van der Waals surface area contributed by atoms with Gasteiger partial charge in [0.25, 0.3) is 0 Å². The van der Waals surface area contributed by atoms with Crippen LogP contribution in [-0.2, 0) is 20.0 Å². The number of hydrogen-bond acceptors (Lipinski definition) is 5. The van der Waals surface area contributed by atoms with Crippen molar-refractivity contribution in [3.05, 3.63) is 70.3 Å². The van der Waals surface area contributed by atoms with Gasteiger partial charge in [0.1, 0.15) is 5.82 Å². The van der Waals surface area contributed by atoms with Crippen molar-refractivity contribution in [3.63, 3.8) is 0 Å². The van der Waals surface area contributed by atoms with Crippen molar-refractivity contribution in [2.24, 2.45) is 12.5 Å². The van der Waals surface area contributed by atoms with Crippen molar-refractivity contribution in [2.75, 3.05) is 0 Å². The fraction of sp³-hybridized carbons (Fsp3) is 0.407. The van der Waals surface area contributed by atoms with Crippen molar-refractivity contribution in [1.29, 1.82) is 0 Å². The van der Waals surface area contributed by atoms with Crippen LogP contribution in [0.2, 0.25) is 5.15 Å². The average molecular weight is 500 g/mol. The third-order valence-electron chi connectivity index (χ3n) is 5.94. The lowest BCUT2D eigenvalue weighted by molar-refractivity contribution is 0.266. The number of aliphatic hydroxyl groups is 1. The molecule has 0 aliphatic carbocycles. The lowest BCUT2D eigenvalue weighted by Gasteiger charge is -2.26. The Kier molecular flexibility index (Phi) is 4.93. The first-order valence-electron chi connectivity index (χ1n) is 14.7. The zero-order chi connectivity index (χ0) is 31.4. The number of nitrogens with zero attached hydrogens (tertiary/aromatic N) is 6. The van der Waals surface area contributed by atoms with Gasteiger partial charge in [-0.2, -0.15) is 4.80 Å². The maximum atomic E-state index is 10.2. The lowest BCUT2D eigenvalue weighted by Crippen LogP contribution is -2.21. The first kappa shape index (κ1) is 17.4. The number of aromatic nitrogens is 6. The molecule has 0 aliphatic rings. The highest BCUT2D eigenvalue weighted by atomic mass is 35.5. The Balaban J connectivity index is 1.83. The van der Waals surface area contributed by atoms with E-state index in [4.69, 9.17) is 21.2 Å². The zero-order valence-electron chi connectivity index (χ0n) is 27.3. The summed E-state index contributed by atoms with van der Waals surface area (Å²) in [5, 5.41) is 22.5. The van der Waals surface area contributed by atoms with Gasteiger partial charge < -0.3 is 9.67 Å². The monoisotopic (exact) mass is 499 g/mol. The number of aryl methyl sites for hydroxylation is 2. The Morgan fingerprint density at radius 1 is 1.20 bits per heavy atom. The molecule has 184 valence electrons. The summed E-state index contributed by atoms with van der Waals surface area (Å²) in [6.07, 6.45) is -5.55. The van der Waals surface area contributed by atoms with E-state index in [9.17, 15) is 5.11 Å². The SMILES string of the molecule is [2H]C([2H])([2H])C([2H])([2H])C(C)(C)C([2H])([2H])c1nc(Cl)c(CO)n1C(C)c1ccc(-c2ccccc2-c2nnn(C)n2)cc1C. The molecule has 0 amide bonds. The van der Waals surface area contributed by atoms with Crippen molar-refractivity contribution in [2.45, 2.75) is 59.9 Å². The van der Waals surface area contributed by atoms with Crippen LogP contribution in [0.5, 0.6) is 0 Å². The Morgan fingerprint density at radius 3 is 2.57 bits per heavy atom. The molecule has 0 saturated heterocycles. The molecule has 0 fully saturated rings. The van der Waals surface area contributed by atoms with Crippen LogP contribution in [0.25, 0.3) is 22.5 Å². The van der Waals surface area contributed by atoms with E-state index in [1.807, 2.05) is 49.4 Å². The van der Waals surface area contributed by atoms with Gasteiger partial charge in [-0.1, -0.05) is 81.1 Å². The van der Waals surface area contributed by atoms with Gasteiger partial charge >= 0.3 is 0 Å². The molecular formula is C27H33ClN6O. The van der Waals surface area contributed by atoms with Crippen molar-refractivity contribution in [1.82, 2.24) is 29.8 Å². The summed E-state index contributed by atoms with van der Waals surface area (Å²) in [6, 6.07) is 12.8. The van der Waals surface area contributed by atoms with Crippen molar-refractivity contribution in [3.8, 4) is 22.5 Å². The van der Waals surface area contributed by atoms with E-state index < -0.39 is 37.7 Å². The molecule has 2 heterocycles. The summed E-state index contributed by atoms with van der Waals surface area (Å²) in [7, 11) is 1.69. The normalized spacial score (nSPS) is 16.9. The summed E-state index contributed by atoms with van der Waals surface area (Å²) >= 11 is 6.38. The van der Waals surface area contributed by atoms with Gasteiger partial charge in [-0.05, 0) is 46.7 Å². The van der Waals surface area contributed by atoms with Gasteiger partial charge in [0.2, 0.25) is 5.82 Å². The number of halogens is 1. The smallest absolute Gasteiger partial charge is 0.205 e. The zero-order valence-corrected chi connectivity index (χ0v) is 21.1. The molecule has 1 unspecified atom stereocenters. The number of tetrazole rings is 1. The molecule has 2 aromatic carbocycles. The Morgan fingerprint density at radius 2 is 1.94 bits per heavy atom. The van der Waals surface area contributed by atoms with Crippen LogP contribution in [0, 0.1) is 12.3 Å². The molecule has 0 bridgehead atoms. The molecule has 1 N–H and O–H groups in total. The molecule has 4 rings (SSSR count). The number of hydrogen-bond donors (Lipinski definition) is 1. The predicted octanol–water partition coefficient (Wildman–Crippen LogP) is 5.78. The summed E-state index contributed by atoms with van der Waals surface area (Å²) < 4.78 is 59.6. The Hall–Kier alpha value is -3.03. The minimum absolute atomic E-state index is 0.135.